The number of piperazine rings is 1. The van der Waals surface area contributed by atoms with Crippen LogP contribution >= 0.6 is 11.8 Å². The molecule has 9 heteroatoms. The molecule has 0 spiro atoms. The van der Waals surface area contributed by atoms with Crippen LogP contribution in [-0.4, -0.2) is 67.6 Å². The van der Waals surface area contributed by atoms with Crippen LogP contribution in [0.1, 0.15) is 0 Å². The number of fused-ring (bicyclic) bond motifs is 1. The summed E-state index contributed by atoms with van der Waals surface area (Å²) < 4.78 is 1.78. The van der Waals surface area contributed by atoms with E-state index < -0.39 is 0 Å². The average molecular weight is 447 g/mol. The topological polar surface area (TPSA) is 87.4 Å². The molecule has 1 fully saturated rings. The molecule has 0 radical (unpaired) electrons. The Bertz CT molecular complexity index is 1220. The van der Waals surface area contributed by atoms with Crippen molar-refractivity contribution >= 4 is 34.4 Å². The highest BCUT2D eigenvalue weighted by Crippen LogP contribution is 2.26. The second kappa shape index (κ2) is 8.88. The molecule has 1 aliphatic heterocycles. The Labute approximate surface area is 189 Å². The normalized spacial score (nSPS) is 14.1. The van der Waals surface area contributed by atoms with Crippen LogP contribution in [0, 0.1) is 0 Å². The fourth-order valence-electron chi connectivity index (χ4n) is 3.79. The highest BCUT2D eigenvalue weighted by atomic mass is 32.2. The van der Waals surface area contributed by atoms with Gasteiger partial charge >= 0.3 is 0 Å². The van der Waals surface area contributed by atoms with Crippen LogP contribution in [0.5, 0.6) is 5.75 Å². The molecule has 0 atom stereocenters. The van der Waals surface area contributed by atoms with Gasteiger partial charge in [0.25, 0.3) is 0 Å². The molecule has 2 aromatic carbocycles. The Kier molecular flexibility index (Phi) is 5.64. The van der Waals surface area contributed by atoms with E-state index in [-0.39, 0.29) is 11.7 Å². The van der Waals surface area contributed by atoms with Crippen LogP contribution in [-0.2, 0) is 4.79 Å². The third-order valence-electron chi connectivity index (χ3n) is 5.51. The molecule has 0 unspecified atom stereocenters. The predicted molar refractivity (Wildman–Crippen MR) is 124 cm³/mol. The average Bonchev–Trinajstić information content (AvgIpc) is 3.28. The molecule has 0 bridgehead atoms. The molecule has 32 heavy (non-hydrogen) atoms. The number of para-hydroxylation sites is 1. The van der Waals surface area contributed by atoms with Gasteiger partial charge in [-0.2, -0.15) is 5.10 Å². The summed E-state index contributed by atoms with van der Waals surface area (Å²) >= 11 is 1.42. The number of anilines is 1. The molecule has 162 valence electrons. The van der Waals surface area contributed by atoms with Crippen molar-refractivity contribution in [1.82, 2.24) is 24.6 Å². The van der Waals surface area contributed by atoms with E-state index in [1.54, 1.807) is 23.0 Å². The number of amides is 1. The van der Waals surface area contributed by atoms with Crippen LogP contribution < -0.4 is 4.90 Å². The number of rotatable bonds is 5. The van der Waals surface area contributed by atoms with E-state index in [9.17, 15) is 9.90 Å². The summed E-state index contributed by atoms with van der Waals surface area (Å²) in [6.45, 7) is 2.88. The molecule has 1 amide bonds. The van der Waals surface area contributed by atoms with Gasteiger partial charge in [-0.15, -0.1) is 0 Å². The number of carbonyl (C=O) groups excluding carboxylic acids is 1. The van der Waals surface area contributed by atoms with Crippen LogP contribution in [0.4, 0.5) is 5.69 Å². The number of benzene rings is 2. The quantitative estimate of drug-likeness (QED) is 0.372. The third kappa shape index (κ3) is 4.11. The second-order valence-electron chi connectivity index (χ2n) is 7.48. The number of carbonyl (C=O) groups is 1. The number of thioether (sulfide) groups is 1. The van der Waals surface area contributed by atoms with E-state index >= 15 is 0 Å². The van der Waals surface area contributed by atoms with Crippen LogP contribution in [0.25, 0.3) is 16.7 Å². The van der Waals surface area contributed by atoms with Crippen molar-refractivity contribution < 1.29 is 9.90 Å². The van der Waals surface area contributed by atoms with Gasteiger partial charge in [-0.25, -0.2) is 14.6 Å². The van der Waals surface area contributed by atoms with Gasteiger partial charge in [-0.1, -0.05) is 30.0 Å². The maximum absolute atomic E-state index is 12.8. The first kappa shape index (κ1) is 20.3. The number of hydrogen-bond donors (Lipinski definition) is 1. The van der Waals surface area contributed by atoms with E-state index in [1.807, 2.05) is 47.4 Å². The van der Waals surface area contributed by atoms with E-state index in [0.29, 0.717) is 18.8 Å². The number of aromatic hydroxyl groups is 1. The molecule has 5 rings (SSSR count). The molecule has 8 nitrogen and oxygen atoms in total. The summed E-state index contributed by atoms with van der Waals surface area (Å²) in [7, 11) is 0. The summed E-state index contributed by atoms with van der Waals surface area (Å²) in [4.78, 5) is 25.7. The molecule has 1 N–H and O–H groups in total. The Hall–Kier alpha value is -3.59. The number of phenolic OH excluding ortho intramolecular Hbond substituents is 1. The van der Waals surface area contributed by atoms with Gasteiger partial charge in [0, 0.05) is 31.9 Å². The molecular formula is C23H22N6O2S. The minimum atomic E-state index is 0.0996. The molecule has 1 saturated heterocycles. The lowest BCUT2D eigenvalue weighted by molar-refractivity contribution is -0.128. The monoisotopic (exact) mass is 446 g/mol. The van der Waals surface area contributed by atoms with Crippen molar-refractivity contribution in [2.24, 2.45) is 0 Å². The highest BCUT2D eigenvalue weighted by molar-refractivity contribution is 8.00. The van der Waals surface area contributed by atoms with Crippen molar-refractivity contribution in [3.05, 3.63) is 67.1 Å². The summed E-state index contributed by atoms with van der Waals surface area (Å²) in [6, 6.07) is 17.0. The predicted octanol–water partition coefficient (Wildman–Crippen LogP) is 2.96. The van der Waals surface area contributed by atoms with Gasteiger partial charge in [-0.05, 0) is 36.4 Å². The van der Waals surface area contributed by atoms with Crippen LogP contribution in [0.15, 0.2) is 72.1 Å². The van der Waals surface area contributed by atoms with Gasteiger partial charge in [0.2, 0.25) is 5.91 Å². The number of hydrogen-bond acceptors (Lipinski definition) is 7. The van der Waals surface area contributed by atoms with Crippen molar-refractivity contribution in [2.75, 3.05) is 36.8 Å². The lowest BCUT2D eigenvalue weighted by atomic mass is 10.2. The van der Waals surface area contributed by atoms with Crippen LogP contribution in [0.3, 0.4) is 0 Å². The molecule has 3 heterocycles. The van der Waals surface area contributed by atoms with Gasteiger partial charge in [0.1, 0.15) is 17.1 Å². The van der Waals surface area contributed by atoms with Gasteiger partial charge in [-0.3, -0.25) is 4.79 Å². The minimum Gasteiger partial charge on any atom is -0.508 e. The van der Waals surface area contributed by atoms with E-state index in [0.717, 1.165) is 40.5 Å². The Morgan fingerprint density at radius 3 is 2.44 bits per heavy atom. The van der Waals surface area contributed by atoms with E-state index in [2.05, 4.69) is 20.0 Å². The molecule has 2 aromatic heterocycles. The fraction of sp³-hybridized carbons (Fsp3) is 0.217. The molecule has 0 aliphatic carbocycles. The van der Waals surface area contributed by atoms with E-state index in [1.165, 1.54) is 18.1 Å². The molecular weight excluding hydrogens is 424 g/mol. The second-order valence-corrected chi connectivity index (χ2v) is 8.44. The smallest absolute Gasteiger partial charge is 0.233 e. The largest absolute Gasteiger partial charge is 0.508 e. The van der Waals surface area contributed by atoms with Crippen molar-refractivity contribution in [3.63, 3.8) is 0 Å². The highest BCUT2D eigenvalue weighted by Gasteiger charge is 2.22. The van der Waals surface area contributed by atoms with Crippen molar-refractivity contribution in [3.8, 4) is 11.4 Å². The maximum Gasteiger partial charge on any atom is 0.233 e. The lowest BCUT2D eigenvalue weighted by Gasteiger charge is -2.36. The summed E-state index contributed by atoms with van der Waals surface area (Å²) in [5.74, 6) is 0.678. The van der Waals surface area contributed by atoms with Crippen molar-refractivity contribution in [1.29, 1.82) is 0 Å². The summed E-state index contributed by atoms with van der Waals surface area (Å²) in [5, 5.41) is 15.5. The maximum atomic E-state index is 12.8. The Morgan fingerprint density at radius 2 is 1.69 bits per heavy atom. The minimum absolute atomic E-state index is 0.0996. The molecule has 0 saturated carbocycles. The zero-order valence-electron chi connectivity index (χ0n) is 17.3. The van der Waals surface area contributed by atoms with Gasteiger partial charge < -0.3 is 14.9 Å². The number of aromatic nitrogens is 4. The Morgan fingerprint density at radius 1 is 0.938 bits per heavy atom. The Balaban J connectivity index is 1.22. The third-order valence-corrected chi connectivity index (χ3v) is 6.50. The first-order valence-corrected chi connectivity index (χ1v) is 11.4. The zero-order chi connectivity index (χ0) is 21.9. The molecule has 1 aliphatic rings. The first-order valence-electron chi connectivity index (χ1n) is 10.4. The van der Waals surface area contributed by atoms with E-state index in [4.69, 9.17) is 0 Å². The molecule has 4 aromatic rings. The number of phenols is 1. The fourth-order valence-corrected chi connectivity index (χ4v) is 4.66. The number of nitrogens with zero attached hydrogens (tertiary/aromatic N) is 6. The standard InChI is InChI=1S/C23H22N6O2S/c30-19-8-6-17(7-9-19)27-10-12-28(13-11-27)21(31)15-32-23-20-14-26-29(22(20)24-16-25-23)18-4-2-1-3-5-18/h1-9,14,16,30H,10-13,15H2. The van der Waals surface area contributed by atoms with Gasteiger partial charge in [0.15, 0.2) is 5.65 Å². The SMILES string of the molecule is O=C(CSc1ncnc2c1cnn2-c1ccccc1)N1CCN(c2ccc(O)cc2)CC1. The lowest BCUT2D eigenvalue weighted by Crippen LogP contribution is -2.49. The first-order chi connectivity index (χ1) is 15.7. The summed E-state index contributed by atoms with van der Waals surface area (Å²) in [6.07, 6.45) is 3.28. The zero-order valence-corrected chi connectivity index (χ0v) is 18.1. The van der Waals surface area contributed by atoms with Crippen molar-refractivity contribution in [2.45, 2.75) is 5.03 Å². The summed E-state index contributed by atoms with van der Waals surface area (Å²) in [5.41, 5.74) is 2.71. The van der Waals surface area contributed by atoms with Gasteiger partial charge in [0.05, 0.1) is 23.0 Å². The van der Waals surface area contributed by atoms with Crippen LogP contribution in [0.2, 0.25) is 0 Å².